The number of benzene rings is 1. The Morgan fingerprint density at radius 3 is 2.08 bits per heavy atom. The van der Waals surface area contributed by atoms with Crippen LogP contribution in [0.2, 0.25) is 0 Å². The molecule has 4 heteroatoms. The van der Waals surface area contributed by atoms with Crippen molar-refractivity contribution in [1.82, 2.24) is 10.2 Å². The summed E-state index contributed by atoms with van der Waals surface area (Å²) in [6, 6.07) is 8.61. The van der Waals surface area contributed by atoms with Crippen LogP contribution in [0, 0.1) is 5.92 Å². The number of carbonyl (C=O) groups is 2. The minimum atomic E-state index is -0.0398. The van der Waals surface area contributed by atoms with Gasteiger partial charge in [0.05, 0.1) is 6.54 Å². The summed E-state index contributed by atoms with van der Waals surface area (Å²) in [5.74, 6) is 1.04. The zero-order valence-electron chi connectivity index (χ0n) is 16.8. The Hall–Kier alpha value is -1.84. The SMILES string of the molecule is CC(C)c1ccc(C(CC(=O)NCC(=O)N2CCCCC2)C(C)C)cc1. The van der Waals surface area contributed by atoms with Gasteiger partial charge >= 0.3 is 0 Å². The van der Waals surface area contributed by atoms with Crippen molar-refractivity contribution in [3.8, 4) is 0 Å². The maximum atomic E-state index is 12.4. The predicted molar refractivity (Wildman–Crippen MR) is 106 cm³/mol. The van der Waals surface area contributed by atoms with Gasteiger partial charge in [-0.15, -0.1) is 0 Å². The van der Waals surface area contributed by atoms with E-state index in [1.807, 2.05) is 4.90 Å². The van der Waals surface area contributed by atoms with Crippen LogP contribution in [0.15, 0.2) is 24.3 Å². The lowest BCUT2D eigenvalue weighted by atomic mass is 9.84. The first-order chi connectivity index (χ1) is 12.4. The molecule has 1 saturated heterocycles. The summed E-state index contributed by atoms with van der Waals surface area (Å²) < 4.78 is 0. The lowest BCUT2D eigenvalue weighted by molar-refractivity contribution is -0.133. The molecule has 0 aliphatic carbocycles. The van der Waals surface area contributed by atoms with Crippen molar-refractivity contribution < 1.29 is 9.59 Å². The van der Waals surface area contributed by atoms with Gasteiger partial charge in [-0.2, -0.15) is 0 Å². The molecule has 0 radical (unpaired) electrons. The predicted octanol–water partition coefficient (Wildman–Crippen LogP) is 4.07. The Morgan fingerprint density at radius 1 is 0.962 bits per heavy atom. The lowest BCUT2D eigenvalue weighted by Gasteiger charge is -2.27. The average Bonchev–Trinajstić information content (AvgIpc) is 2.64. The first-order valence-electron chi connectivity index (χ1n) is 10.0. The van der Waals surface area contributed by atoms with Crippen LogP contribution in [0.1, 0.15) is 76.3 Å². The van der Waals surface area contributed by atoms with Gasteiger partial charge in [0.25, 0.3) is 0 Å². The normalized spacial score (nSPS) is 16.0. The largest absolute Gasteiger partial charge is 0.347 e. The van der Waals surface area contributed by atoms with Crippen molar-refractivity contribution in [2.24, 2.45) is 5.92 Å². The van der Waals surface area contributed by atoms with E-state index < -0.39 is 0 Å². The van der Waals surface area contributed by atoms with Crippen LogP contribution in [0.5, 0.6) is 0 Å². The summed E-state index contributed by atoms with van der Waals surface area (Å²) in [5.41, 5.74) is 2.51. The van der Waals surface area contributed by atoms with Crippen LogP contribution in [0.4, 0.5) is 0 Å². The van der Waals surface area contributed by atoms with E-state index in [-0.39, 0.29) is 24.3 Å². The molecule has 4 nitrogen and oxygen atoms in total. The molecule has 2 rings (SSSR count). The lowest BCUT2D eigenvalue weighted by Crippen LogP contribution is -2.42. The van der Waals surface area contributed by atoms with E-state index in [1.54, 1.807) is 0 Å². The second-order valence-electron chi connectivity index (χ2n) is 8.09. The van der Waals surface area contributed by atoms with Crippen molar-refractivity contribution in [1.29, 1.82) is 0 Å². The van der Waals surface area contributed by atoms with Gasteiger partial charge in [-0.3, -0.25) is 9.59 Å². The zero-order chi connectivity index (χ0) is 19.1. The Kier molecular flexibility index (Phi) is 7.67. The maximum absolute atomic E-state index is 12.4. The fourth-order valence-corrected chi connectivity index (χ4v) is 3.57. The molecule has 1 aliphatic rings. The molecular formula is C22H34N2O2. The Morgan fingerprint density at radius 2 is 1.54 bits per heavy atom. The van der Waals surface area contributed by atoms with Gasteiger partial charge in [-0.1, -0.05) is 52.0 Å². The van der Waals surface area contributed by atoms with Crippen molar-refractivity contribution in [3.05, 3.63) is 35.4 Å². The van der Waals surface area contributed by atoms with Gasteiger partial charge < -0.3 is 10.2 Å². The highest BCUT2D eigenvalue weighted by atomic mass is 16.2. The molecule has 1 atom stereocenters. The van der Waals surface area contributed by atoms with Crippen LogP contribution >= 0.6 is 0 Å². The number of rotatable bonds is 7. The van der Waals surface area contributed by atoms with Gasteiger partial charge in [0, 0.05) is 19.5 Å². The summed E-state index contributed by atoms with van der Waals surface area (Å²) in [4.78, 5) is 26.5. The molecule has 144 valence electrons. The summed E-state index contributed by atoms with van der Waals surface area (Å²) in [7, 11) is 0. The van der Waals surface area contributed by atoms with Crippen LogP contribution in [-0.4, -0.2) is 36.3 Å². The Bertz CT molecular complexity index is 587. The average molecular weight is 359 g/mol. The number of piperidine rings is 1. The molecule has 26 heavy (non-hydrogen) atoms. The quantitative estimate of drug-likeness (QED) is 0.799. The van der Waals surface area contributed by atoms with Gasteiger partial charge in [0.15, 0.2) is 0 Å². The molecule has 1 N–H and O–H groups in total. The number of nitrogens with one attached hydrogen (secondary N) is 1. The van der Waals surface area contributed by atoms with Crippen LogP contribution in [0.3, 0.4) is 0 Å². The van der Waals surface area contributed by atoms with Crippen LogP contribution in [-0.2, 0) is 9.59 Å². The monoisotopic (exact) mass is 358 g/mol. The molecular weight excluding hydrogens is 324 g/mol. The third kappa shape index (κ3) is 5.86. The topological polar surface area (TPSA) is 49.4 Å². The molecule has 0 aromatic heterocycles. The van der Waals surface area contributed by atoms with Crippen molar-refractivity contribution in [2.75, 3.05) is 19.6 Å². The summed E-state index contributed by atoms with van der Waals surface area (Å²) >= 11 is 0. The number of hydrogen-bond donors (Lipinski definition) is 1. The molecule has 1 aliphatic heterocycles. The van der Waals surface area contributed by atoms with E-state index in [2.05, 4.69) is 57.3 Å². The second-order valence-corrected chi connectivity index (χ2v) is 8.09. The van der Waals surface area contributed by atoms with Gasteiger partial charge in [-0.05, 0) is 48.1 Å². The van der Waals surface area contributed by atoms with E-state index in [0.717, 1.165) is 25.9 Å². The summed E-state index contributed by atoms with van der Waals surface area (Å²) in [6.07, 6.45) is 3.76. The van der Waals surface area contributed by atoms with E-state index >= 15 is 0 Å². The standard InChI is InChI=1S/C22H34N2O2/c1-16(2)18-8-10-19(11-9-18)20(17(3)4)14-21(25)23-15-22(26)24-12-6-5-7-13-24/h8-11,16-17,20H,5-7,12-15H2,1-4H3,(H,23,25). The van der Waals surface area contributed by atoms with Crippen LogP contribution in [0.25, 0.3) is 0 Å². The minimum absolute atomic E-state index is 0.0398. The first-order valence-corrected chi connectivity index (χ1v) is 10.0. The van der Waals surface area contributed by atoms with Crippen molar-refractivity contribution in [2.45, 2.75) is 65.2 Å². The fourth-order valence-electron chi connectivity index (χ4n) is 3.57. The molecule has 0 bridgehead atoms. The molecule has 0 spiro atoms. The van der Waals surface area contributed by atoms with E-state index in [0.29, 0.717) is 18.3 Å². The number of hydrogen-bond acceptors (Lipinski definition) is 2. The third-order valence-corrected chi connectivity index (χ3v) is 5.39. The highest BCUT2D eigenvalue weighted by Gasteiger charge is 2.21. The fraction of sp³-hybridized carbons (Fsp3) is 0.636. The molecule has 1 unspecified atom stereocenters. The number of nitrogens with zero attached hydrogens (tertiary/aromatic N) is 1. The summed E-state index contributed by atoms with van der Waals surface area (Å²) in [6.45, 7) is 10.4. The van der Waals surface area contributed by atoms with Crippen molar-refractivity contribution >= 4 is 11.8 Å². The molecule has 1 aromatic carbocycles. The van der Waals surface area contributed by atoms with E-state index in [9.17, 15) is 9.59 Å². The maximum Gasteiger partial charge on any atom is 0.241 e. The highest BCUT2D eigenvalue weighted by molar-refractivity contribution is 5.85. The molecule has 2 amide bonds. The smallest absolute Gasteiger partial charge is 0.241 e. The third-order valence-electron chi connectivity index (χ3n) is 5.39. The van der Waals surface area contributed by atoms with Crippen LogP contribution < -0.4 is 5.32 Å². The number of carbonyl (C=O) groups excluding carboxylic acids is 2. The zero-order valence-corrected chi connectivity index (χ0v) is 16.8. The molecule has 0 saturated carbocycles. The first kappa shape index (κ1) is 20.5. The van der Waals surface area contributed by atoms with E-state index in [1.165, 1.54) is 17.5 Å². The summed E-state index contributed by atoms with van der Waals surface area (Å²) in [5, 5.41) is 2.83. The number of amides is 2. The molecule has 1 aromatic rings. The van der Waals surface area contributed by atoms with Gasteiger partial charge in [0.2, 0.25) is 11.8 Å². The van der Waals surface area contributed by atoms with Gasteiger partial charge in [-0.25, -0.2) is 0 Å². The van der Waals surface area contributed by atoms with Gasteiger partial charge in [0.1, 0.15) is 0 Å². The van der Waals surface area contributed by atoms with Crippen molar-refractivity contribution in [3.63, 3.8) is 0 Å². The molecule has 1 heterocycles. The Labute approximate surface area is 158 Å². The molecule has 1 fully saturated rings. The van der Waals surface area contributed by atoms with E-state index in [4.69, 9.17) is 0 Å². The number of likely N-dealkylation sites (tertiary alicyclic amines) is 1. The second kappa shape index (κ2) is 9.75. The Balaban J connectivity index is 1.90. The highest BCUT2D eigenvalue weighted by Crippen LogP contribution is 2.29. The minimum Gasteiger partial charge on any atom is -0.347 e.